The molecule has 0 N–H and O–H groups in total. The minimum Gasteiger partial charge on any atom is -0.378 e. The van der Waals surface area contributed by atoms with Crippen LogP contribution in [0.15, 0.2) is 254 Å². The molecule has 1 aromatic heterocycles. The predicted octanol–water partition coefficient (Wildman–Crippen LogP) is 21.9. The number of aromatic nitrogens is 1. The molecule has 0 radical (unpaired) electrons. The highest BCUT2D eigenvalue weighted by Gasteiger charge is 2.46. The van der Waals surface area contributed by atoms with Gasteiger partial charge < -0.3 is 14.2 Å². The first-order valence-electron chi connectivity index (χ1n) is 32.8. The average molecular weight is 1130 g/mol. The van der Waals surface area contributed by atoms with Gasteiger partial charge in [-0.3, -0.25) is 0 Å². The van der Waals surface area contributed by atoms with Gasteiger partial charge in [-0.1, -0.05) is 209 Å². The fourth-order valence-electron chi connectivity index (χ4n) is 15.6. The highest BCUT2D eigenvalue weighted by molar-refractivity contribution is 6.10. The molecule has 0 fully saturated rings. The Kier molecular flexibility index (Phi) is 16.1. The smallest absolute Gasteiger partial charge is 0.0612 e. The van der Waals surface area contributed by atoms with Crippen LogP contribution in [0.1, 0.15) is 149 Å². The molecule has 0 aliphatic heterocycles. The number of para-hydroxylation sites is 1. The molecule has 7 aromatic rings. The van der Waals surface area contributed by atoms with E-state index in [0.29, 0.717) is 29.8 Å². The second-order valence-electron chi connectivity index (χ2n) is 25.9. The molecule has 14 rings (SSSR count). The minimum atomic E-state index is -0.239. The number of anilines is 2. The van der Waals surface area contributed by atoms with Crippen LogP contribution in [0.3, 0.4) is 0 Å². The molecule has 7 aliphatic rings. The van der Waals surface area contributed by atoms with E-state index in [1.54, 1.807) is 11.1 Å². The van der Waals surface area contributed by atoms with Crippen molar-refractivity contribution in [2.45, 2.75) is 134 Å². The first kappa shape index (κ1) is 55.9. The number of nitrogens with zero attached hydrogens (tertiary/aromatic N) is 2. The molecule has 0 saturated heterocycles. The normalized spacial score (nSPS) is 23.6. The number of hydrogen-bond acceptors (Lipinski definition) is 2. The van der Waals surface area contributed by atoms with Crippen LogP contribution < -0.4 is 4.90 Å². The maximum Gasteiger partial charge on any atom is 0.0612 e. The number of rotatable bonds is 18. The SMILES string of the molecule is C=CC1=CCC(C2=CCC(OCC(C)CCCCC3(c4ccccc4)C4=C(CCC=C4)c4ccc(N(c5ccc(C6=CC=CCC6)cc5)C5C=CC(c6ccc7c(c6)c6cc(C8=CCC(C)C=C8)ccc6n7-c6ccccc6)CC5)cc43)CC2)C=C1. The molecule has 1 heterocycles. The molecule has 0 bridgehead atoms. The van der Waals surface area contributed by atoms with Gasteiger partial charge in [0.05, 0.1) is 23.2 Å². The van der Waals surface area contributed by atoms with E-state index in [1.807, 2.05) is 6.08 Å². The van der Waals surface area contributed by atoms with Crippen molar-refractivity contribution in [3.05, 3.63) is 287 Å². The molecule has 432 valence electrons. The van der Waals surface area contributed by atoms with Gasteiger partial charge in [-0.05, 0) is 217 Å². The fraction of sp³-hybridized carbons (Fsp3) is 0.301. The summed E-state index contributed by atoms with van der Waals surface area (Å²) >= 11 is 0. The number of ether oxygens (including phenoxy) is 1. The summed E-state index contributed by atoms with van der Waals surface area (Å²) in [7, 11) is 0. The summed E-state index contributed by atoms with van der Waals surface area (Å²) in [6.45, 7) is 9.51. The largest absolute Gasteiger partial charge is 0.378 e. The van der Waals surface area contributed by atoms with Crippen molar-refractivity contribution >= 4 is 49.9 Å². The molecule has 0 spiro atoms. The number of unbranched alkanes of at least 4 members (excludes halogenated alkanes) is 1. The summed E-state index contributed by atoms with van der Waals surface area (Å²) < 4.78 is 9.15. The van der Waals surface area contributed by atoms with Gasteiger partial charge in [-0.15, -0.1) is 0 Å². The number of benzene rings is 6. The zero-order chi connectivity index (χ0) is 58.0. The zero-order valence-corrected chi connectivity index (χ0v) is 50.7. The number of hydrogen-bond donors (Lipinski definition) is 0. The topological polar surface area (TPSA) is 17.4 Å². The molecule has 0 saturated carbocycles. The van der Waals surface area contributed by atoms with Crippen molar-refractivity contribution in [1.29, 1.82) is 0 Å². The predicted molar refractivity (Wildman–Crippen MR) is 365 cm³/mol. The molecular weight excluding hydrogens is 1040 g/mol. The van der Waals surface area contributed by atoms with Crippen molar-refractivity contribution in [2.24, 2.45) is 17.8 Å². The first-order chi connectivity index (χ1) is 42.4. The standard InChI is InChI=1S/C83H84N2O/c1-4-60-29-33-62(34-30-60)64-39-48-74(49-40-64)86-57-59(3)18-16-17-53-83(69-21-10-6-11-22-69)79-26-15-14-25-75(79)76-50-47-73(56-80(76)83)84(71-43-35-63(36-44-71)61-19-8-5-9-20-61)72-45-37-66(38-46-72)68-42-52-82-78(55-68)77-54-67(65-31-27-58(2)28-32-65)41-51-81(77)85(82)70-23-12-7-13-24-70/h4-8,10-13,15,19,21-24,26-27,29-33,35-37,39,41-45,47,50-52,54-56,58-59,62,66,72,74H,1,9,14,16-18,20,25,28,34,38,40,46,48-49,53,57H2,2-3H3. The van der Waals surface area contributed by atoms with Crippen LogP contribution in [0, 0.1) is 17.8 Å². The first-order valence-corrected chi connectivity index (χ1v) is 32.8. The van der Waals surface area contributed by atoms with Crippen LogP contribution in [0.2, 0.25) is 0 Å². The van der Waals surface area contributed by atoms with E-state index in [9.17, 15) is 0 Å². The van der Waals surface area contributed by atoms with Gasteiger partial charge >= 0.3 is 0 Å². The Morgan fingerprint density at radius 2 is 1.48 bits per heavy atom. The van der Waals surface area contributed by atoms with Crippen LogP contribution >= 0.6 is 0 Å². The highest BCUT2D eigenvalue weighted by Crippen LogP contribution is 2.57. The van der Waals surface area contributed by atoms with Crippen LogP contribution in [0.25, 0.3) is 44.2 Å². The van der Waals surface area contributed by atoms with Crippen molar-refractivity contribution in [3.8, 4) is 5.69 Å². The van der Waals surface area contributed by atoms with E-state index < -0.39 is 0 Å². The minimum absolute atomic E-state index is 0.181. The van der Waals surface area contributed by atoms with Crippen LogP contribution in [-0.4, -0.2) is 23.3 Å². The summed E-state index contributed by atoms with van der Waals surface area (Å²) in [5.41, 5.74) is 23.0. The van der Waals surface area contributed by atoms with Crippen LogP contribution in [0.4, 0.5) is 11.4 Å². The summed E-state index contributed by atoms with van der Waals surface area (Å²) in [6.07, 6.45) is 52.2. The molecule has 7 aliphatic carbocycles. The van der Waals surface area contributed by atoms with Crippen molar-refractivity contribution in [2.75, 3.05) is 11.5 Å². The monoisotopic (exact) mass is 1120 g/mol. The number of fused-ring (bicyclic) bond motifs is 5. The van der Waals surface area contributed by atoms with Gasteiger partial charge in [0.1, 0.15) is 0 Å². The quantitative estimate of drug-likeness (QED) is 0.0629. The van der Waals surface area contributed by atoms with Gasteiger partial charge in [0.2, 0.25) is 0 Å². The molecule has 7 atom stereocenters. The number of allylic oxidation sites excluding steroid dienone is 19. The van der Waals surface area contributed by atoms with Gasteiger partial charge in [0.15, 0.2) is 0 Å². The van der Waals surface area contributed by atoms with E-state index in [0.717, 1.165) is 90.1 Å². The lowest BCUT2D eigenvalue weighted by Crippen LogP contribution is -2.33. The molecule has 3 heteroatoms. The van der Waals surface area contributed by atoms with Crippen molar-refractivity contribution < 1.29 is 4.74 Å². The van der Waals surface area contributed by atoms with Crippen LogP contribution in [0.5, 0.6) is 0 Å². The van der Waals surface area contributed by atoms with E-state index in [-0.39, 0.29) is 11.5 Å². The Bertz CT molecular complexity index is 3990. The average Bonchev–Trinajstić information content (AvgIpc) is 1.79. The highest BCUT2D eigenvalue weighted by atomic mass is 16.5. The Balaban J connectivity index is 0.759. The van der Waals surface area contributed by atoms with Gasteiger partial charge in [0, 0.05) is 51.7 Å². The Hall–Kier alpha value is -7.98. The molecule has 0 amide bonds. The Labute approximate surface area is 512 Å². The lowest BCUT2D eigenvalue weighted by molar-refractivity contribution is 0.0242. The molecule has 3 nitrogen and oxygen atoms in total. The second kappa shape index (κ2) is 24.8. The molecule has 86 heavy (non-hydrogen) atoms. The lowest BCUT2D eigenvalue weighted by Gasteiger charge is -2.38. The van der Waals surface area contributed by atoms with E-state index >= 15 is 0 Å². The van der Waals surface area contributed by atoms with E-state index in [2.05, 4.69) is 254 Å². The van der Waals surface area contributed by atoms with Gasteiger partial charge in [-0.25, -0.2) is 0 Å². The van der Waals surface area contributed by atoms with E-state index in [1.165, 1.54) is 107 Å². The Morgan fingerprint density at radius 1 is 0.674 bits per heavy atom. The second-order valence-corrected chi connectivity index (χ2v) is 25.9. The van der Waals surface area contributed by atoms with Gasteiger partial charge in [0.25, 0.3) is 0 Å². The molecule has 6 aromatic carbocycles. The van der Waals surface area contributed by atoms with Crippen LogP contribution in [-0.2, 0) is 10.2 Å². The van der Waals surface area contributed by atoms with Gasteiger partial charge in [-0.2, -0.15) is 0 Å². The summed E-state index contributed by atoms with van der Waals surface area (Å²) in [5.74, 6) is 1.94. The summed E-state index contributed by atoms with van der Waals surface area (Å²) in [6, 6.07) is 54.3. The fourth-order valence-corrected chi connectivity index (χ4v) is 15.6. The van der Waals surface area contributed by atoms with Crippen molar-refractivity contribution in [3.63, 3.8) is 0 Å². The Morgan fingerprint density at radius 3 is 2.22 bits per heavy atom. The molecular formula is C83H84N2O. The zero-order valence-electron chi connectivity index (χ0n) is 50.7. The maximum atomic E-state index is 6.68. The summed E-state index contributed by atoms with van der Waals surface area (Å²) in [4.78, 5) is 2.69. The summed E-state index contributed by atoms with van der Waals surface area (Å²) in [5, 5.41) is 2.64. The third-order valence-electron chi connectivity index (χ3n) is 20.4. The lowest BCUT2D eigenvalue weighted by atomic mass is 9.67. The molecule has 7 unspecified atom stereocenters. The third-order valence-corrected chi connectivity index (χ3v) is 20.4. The van der Waals surface area contributed by atoms with E-state index in [4.69, 9.17) is 4.74 Å². The maximum absolute atomic E-state index is 6.68. The van der Waals surface area contributed by atoms with Crippen molar-refractivity contribution in [1.82, 2.24) is 4.57 Å². The third kappa shape index (κ3) is 11.0.